The maximum absolute atomic E-state index is 11.3. The van der Waals surface area contributed by atoms with Gasteiger partial charge in [0, 0.05) is 9.26 Å². The normalized spacial score (nSPS) is 9.80. The fraction of sp³-hybridized carbons (Fsp3) is 0.364. The van der Waals surface area contributed by atoms with E-state index in [0.29, 0.717) is 6.61 Å². The van der Waals surface area contributed by atoms with Crippen molar-refractivity contribution in [1.82, 2.24) is 0 Å². The van der Waals surface area contributed by atoms with E-state index in [1.807, 2.05) is 32.0 Å². The van der Waals surface area contributed by atoms with Crippen LogP contribution in [0.4, 0.5) is 10.5 Å². The SMILES string of the molecule is CCCOC(=O)Nc1ccc(I)cc1C. The molecule has 0 heterocycles. The van der Waals surface area contributed by atoms with Crippen LogP contribution in [0.25, 0.3) is 0 Å². The van der Waals surface area contributed by atoms with Crippen LogP contribution >= 0.6 is 22.6 Å². The topological polar surface area (TPSA) is 38.3 Å². The molecule has 1 aromatic carbocycles. The Hall–Kier alpha value is -0.780. The summed E-state index contributed by atoms with van der Waals surface area (Å²) >= 11 is 2.23. The van der Waals surface area contributed by atoms with Crippen molar-refractivity contribution in [2.24, 2.45) is 0 Å². The van der Waals surface area contributed by atoms with Crippen molar-refractivity contribution in [3.05, 3.63) is 27.3 Å². The lowest BCUT2D eigenvalue weighted by atomic mass is 10.2. The number of carbonyl (C=O) groups excluding carboxylic acids is 1. The van der Waals surface area contributed by atoms with Gasteiger partial charge in [-0.25, -0.2) is 4.79 Å². The molecule has 0 spiro atoms. The summed E-state index contributed by atoms with van der Waals surface area (Å²) in [6.07, 6.45) is 0.445. The zero-order valence-electron chi connectivity index (χ0n) is 8.84. The van der Waals surface area contributed by atoms with E-state index in [1.54, 1.807) is 0 Å². The highest BCUT2D eigenvalue weighted by molar-refractivity contribution is 14.1. The second-order valence-corrected chi connectivity index (χ2v) is 4.47. The van der Waals surface area contributed by atoms with Crippen molar-refractivity contribution in [2.45, 2.75) is 20.3 Å². The molecule has 0 unspecified atom stereocenters. The van der Waals surface area contributed by atoms with Gasteiger partial charge in [-0.3, -0.25) is 5.32 Å². The number of ether oxygens (including phenoxy) is 1. The summed E-state index contributed by atoms with van der Waals surface area (Å²) in [4.78, 5) is 11.3. The standard InChI is InChI=1S/C11H14INO2/c1-3-6-15-11(14)13-10-5-4-9(12)7-8(10)2/h4-5,7H,3,6H2,1-2H3,(H,13,14). The van der Waals surface area contributed by atoms with Crippen LogP contribution in [-0.2, 0) is 4.74 Å². The summed E-state index contributed by atoms with van der Waals surface area (Å²) in [7, 11) is 0. The van der Waals surface area contributed by atoms with E-state index in [2.05, 4.69) is 27.9 Å². The van der Waals surface area contributed by atoms with Crippen molar-refractivity contribution in [3.8, 4) is 0 Å². The molecule has 0 fully saturated rings. The molecule has 0 aliphatic carbocycles. The first kappa shape index (κ1) is 12.3. The quantitative estimate of drug-likeness (QED) is 0.865. The largest absolute Gasteiger partial charge is 0.449 e. The van der Waals surface area contributed by atoms with Crippen molar-refractivity contribution in [3.63, 3.8) is 0 Å². The maximum Gasteiger partial charge on any atom is 0.411 e. The first-order valence-corrected chi connectivity index (χ1v) is 5.91. The Balaban J connectivity index is 2.60. The Bertz CT molecular complexity index is 352. The highest BCUT2D eigenvalue weighted by Gasteiger charge is 2.04. The second-order valence-electron chi connectivity index (χ2n) is 3.22. The van der Waals surface area contributed by atoms with Gasteiger partial charge in [0.2, 0.25) is 0 Å². The number of benzene rings is 1. The molecule has 0 aliphatic heterocycles. The zero-order valence-corrected chi connectivity index (χ0v) is 11.0. The summed E-state index contributed by atoms with van der Waals surface area (Å²) in [5.74, 6) is 0. The van der Waals surface area contributed by atoms with Crippen molar-refractivity contribution < 1.29 is 9.53 Å². The Morgan fingerprint density at radius 2 is 2.27 bits per heavy atom. The Morgan fingerprint density at radius 3 is 2.87 bits per heavy atom. The monoisotopic (exact) mass is 319 g/mol. The third-order valence-corrected chi connectivity index (χ3v) is 2.53. The highest BCUT2D eigenvalue weighted by atomic mass is 127. The van der Waals surface area contributed by atoms with Crippen LogP contribution in [-0.4, -0.2) is 12.7 Å². The number of nitrogens with one attached hydrogen (secondary N) is 1. The van der Waals surface area contributed by atoms with E-state index in [9.17, 15) is 4.79 Å². The number of halogens is 1. The molecule has 82 valence electrons. The number of rotatable bonds is 3. The minimum Gasteiger partial charge on any atom is -0.449 e. The van der Waals surface area contributed by atoms with Crippen molar-refractivity contribution in [2.75, 3.05) is 11.9 Å². The van der Waals surface area contributed by atoms with E-state index in [0.717, 1.165) is 21.2 Å². The van der Waals surface area contributed by atoms with Gasteiger partial charge in [-0.1, -0.05) is 6.92 Å². The molecular formula is C11H14INO2. The van der Waals surface area contributed by atoms with Crippen molar-refractivity contribution >= 4 is 34.4 Å². The molecule has 0 atom stereocenters. The Kier molecular flexibility index (Phi) is 4.87. The summed E-state index contributed by atoms with van der Waals surface area (Å²) < 4.78 is 6.08. The van der Waals surface area contributed by atoms with Gasteiger partial charge >= 0.3 is 6.09 Å². The van der Waals surface area contributed by atoms with Gasteiger partial charge in [-0.05, 0) is 59.7 Å². The minimum absolute atomic E-state index is 0.388. The average Bonchev–Trinajstić information content (AvgIpc) is 2.19. The fourth-order valence-electron chi connectivity index (χ4n) is 1.11. The van der Waals surface area contributed by atoms with Gasteiger partial charge in [0.15, 0.2) is 0 Å². The third-order valence-electron chi connectivity index (χ3n) is 1.86. The first-order chi connectivity index (χ1) is 7.13. The van der Waals surface area contributed by atoms with Crippen molar-refractivity contribution in [1.29, 1.82) is 0 Å². The second kappa shape index (κ2) is 5.95. The molecular weight excluding hydrogens is 305 g/mol. The summed E-state index contributed by atoms with van der Waals surface area (Å²) in [5, 5.41) is 2.71. The van der Waals surface area contributed by atoms with E-state index in [-0.39, 0.29) is 6.09 Å². The van der Waals surface area contributed by atoms with Gasteiger partial charge in [0.25, 0.3) is 0 Å². The molecule has 1 amide bonds. The Labute approximate surface area is 103 Å². The molecule has 0 bridgehead atoms. The van der Waals surface area contributed by atoms with Crippen LogP contribution in [0.3, 0.4) is 0 Å². The lowest BCUT2D eigenvalue weighted by Gasteiger charge is -2.08. The number of hydrogen-bond acceptors (Lipinski definition) is 2. The highest BCUT2D eigenvalue weighted by Crippen LogP contribution is 2.17. The lowest BCUT2D eigenvalue weighted by molar-refractivity contribution is 0.161. The van der Waals surface area contributed by atoms with Gasteiger partial charge in [-0.15, -0.1) is 0 Å². The molecule has 0 aromatic heterocycles. The zero-order chi connectivity index (χ0) is 11.3. The lowest BCUT2D eigenvalue weighted by Crippen LogP contribution is -2.14. The van der Waals surface area contributed by atoms with E-state index in [1.165, 1.54) is 0 Å². The first-order valence-electron chi connectivity index (χ1n) is 4.83. The number of anilines is 1. The molecule has 0 saturated heterocycles. The average molecular weight is 319 g/mol. The smallest absolute Gasteiger partial charge is 0.411 e. The van der Waals surface area contributed by atoms with Crippen LogP contribution < -0.4 is 5.32 Å². The maximum atomic E-state index is 11.3. The molecule has 0 radical (unpaired) electrons. The molecule has 1 aromatic rings. The van der Waals surface area contributed by atoms with Gasteiger partial charge in [0.05, 0.1) is 6.61 Å². The van der Waals surface area contributed by atoms with Crippen LogP contribution in [0, 0.1) is 10.5 Å². The predicted octanol–water partition coefficient (Wildman–Crippen LogP) is 3.56. The number of amides is 1. The summed E-state index contributed by atoms with van der Waals surface area (Å²) in [5.41, 5.74) is 1.84. The minimum atomic E-state index is -0.388. The summed E-state index contributed by atoms with van der Waals surface area (Å²) in [6.45, 7) is 4.37. The van der Waals surface area contributed by atoms with Crippen LogP contribution in [0.2, 0.25) is 0 Å². The molecule has 0 aliphatic rings. The molecule has 3 nitrogen and oxygen atoms in total. The van der Waals surface area contributed by atoms with Gasteiger partial charge in [-0.2, -0.15) is 0 Å². The predicted molar refractivity (Wildman–Crippen MR) is 69.2 cm³/mol. The number of hydrogen-bond donors (Lipinski definition) is 1. The van der Waals surface area contributed by atoms with E-state index >= 15 is 0 Å². The van der Waals surface area contributed by atoms with Crippen LogP contribution in [0.1, 0.15) is 18.9 Å². The van der Waals surface area contributed by atoms with Gasteiger partial charge in [0.1, 0.15) is 0 Å². The molecule has 0 saturated carbocycles. The molecule has 4 heteroatoms. The molecule has 15 heavy (non-hydrogen) atoms. The van der Waals surface area contributed by atoms with Crippen LogP contribution in [0.5, 0.6) is 0 Å². The van der Waals surface area contributed by atoms with E-state index < -0.39 is 0 Å². The summed E-state index contributed by atoms with van der Waals surface area (Å²) in [6, 6.07) is 5.84. The molecule has 1 rings (SSSR count). The number of aryl methyl sites for hydroxylation is 1. The fourth-order valence-corrected chi connectivity index (χ4v) is 1.76. The van der Waals surface area contributed by atoms with E-state index in [4.69, 9.17) is 4.74 Å². The molecule has 1 N–H and O–H groups in total. The van der Waals surface area contributed by atoms with Gasteiger partial charge < -0.3 is 4.74 Å². The number of carbonyl (C=O) groups is 1. The van der Waals surface area contributed by atoms with Crippen LogP contribution in [0.15, 0.2) is 18.2 Å². The Morgan fingerprint density at radius 1 is 1.53 bits per heavy atom. The third kappa shape index (κ3) is 4.07.